The third-order valence-electron chi connectivity index (χ3n) is 8.35. The molecule has 0 bridgehead atoms. The number of rotatable bonds is 5. The lowest BCUT2D eigenvalue weighted by Crippen LogP contribution is -2.54. The lowest BCUT2D eigenvalue weighted by molar-refractivity contribution is -0.128. The summed E-state index contributed by atoms with van der Waals surface area (Å²) in [4.78, 5) is 35.3. The predicted octanol–water partition coefficient (Wildman–Crippen LogP) is 6.87. The molecule has 3 N–H and O–H groups in total. The maximum atomic E-state index is 15.8. The van der Waals surface area contributed by atoms with Gasteiger partial charge in [-0.2, -0.15) is 5.26 Å². The number of halogens is 5. The Labute approximate surface area is 285 Å². The highest BCUT2D eigenvalue weighted by Gasteiger charge is 2.34. The Bertz CT molecular complexity index is 1950. The third kappa shape index (κ3) is 5.39. The van der Waals surface area contributed by atoms with Crippen molar-refractivity contribution in [3.05, 3.63) is 78.4 Å². The van der Waals surface area contributed by atoms with Crippen molar-refractivity contribution in [2.45, 2.75) is 39.8 Å². The van der Waals surface area contributed by atoms with E-state index in [1.807, 2.05) is 38.7 Å². The Kier molecular flexibility index (Phi) is 9.35. The number of piperazine rings is 1. The molecule has 240 valence electrons. The SMILES string of the molecule is C=CC(=O)N1CCN(c2c(C#N)c(=O)n(C3=C(C)C=CNC3C(C)C)c3nc(-c4c(N)c(Cl)c(Cl)c(Cl)c4F)c(Cl)cc23)C[C@H]1C. The van der Waals surface area contributed by atoms with Crippen LogP contribution in [-0.4, -0.2) is 52.1 Å². The highest BCUT2D eigenvalue weighted by Crippen LogP contribution is 2.46. The fourth-order valence-corrected chi connectivity index (χ4v) is 6.95. The summed E-state index contributed by atoms with van der Waals surface area (Å²) in [6.45, 7) is 12.2. The fourth-order valence-electron chi connectivity index (χ4n) is 6.09. The Hall–Kier alpha value is -3.75. The summed E-state index contributed by atoms with van der Waals surface area (Å²) in [5.74, 6) is -1.20. The molecule has 2 aliphatic rings. The number of allylic oxidation sites excluding steroid dienone is 2. The molecule has 14 heteroatoms. The van der Waals surface area contributed by atoms with E-state index in [0.717, 1.165) is 5.57 Å². The number of anilines is 2. The summed E-state index contributed by atoms with van der Waals surface area (Å²) in [6, 6.07) is 3.03. The summed E-state index contributed by atoms with van der Waals surface area (Å²) < 4.78 is 17.1. The van der Waals surface area contributed by atoms with Gasteiger partial charge in [-0.05, 0) is 49.8 Å². The average Bonchev–Trinajstić information content (AvgIpc) is 3.02. The van der Waals surface area contributed by atoms with Gasteiger partial charge in [-0.25, -0.2) is 9.37 Å². The van der Waals surface area contributed by atoms with Crippen LogP contribution in [-0.2, 0) is 4.79 Å². The van der Waals surface area contributed by atoms with Gasteiger partial charge in [0.05, 0.1) is 54.5 Å². The molecule has 1 aromatic carbocycles. The van der Waals surface area contributed by atoms with E-state index in [1.165, 1.54) is 16.7 Å². The lowest BCUT2D eigenvalue weighted by Gasteiger charge is -2.41. The van der Waals surface area contributed by atoms with Crippen LogP contribution in [0.15, 0.2) is 41.4 Å². The molecule has 1 saturated heterocycles. The van der Waals surface area contributed by atoms with E-state index in [-0.39, 0.29) is 67.1 Å². The molecule has 4 heterocycles. The first-order chi connectivity index (χ1) is 21.7. The van der Waals surface area contributed by atoms with E-state index in [4.69, 9.17) is 57.1 Å². The largest absolute Gasteiger partial charge is 0.397 e. The fraction of sp³-hybridized carbons (Fsp3) is 0.312. The number of amides is 1. The van der Waals surface area contributed by atoms with Gasteiger partial charge in [-0.3, -0.25) is 14.2 Å². The first kappa shape index (κ1) is 33.6. The van der Waals surface area contributed by atoms with Crippen molar-refractivity contribution in [2.75, 3.05) is 30.3 Å². The van der Waals surface area contributed by atoms with Crippen LogP contribution in [0.3, 0.4) is 0 Å². The van der Waals surface area contributed by atoms with Crippen LogP contribution in [0.5, 0.6) is 0 Å². The molecule has 5 rings (SSSR count). The Morgan fingerprint density at radius 3 is 2.54 bits per heavy atom. The first-order valence-electron chi connectivity index (χ1n) is 14.4. The van der Waals surface area contributed by atoms with Gasteiger partial charge >= 0.3 is 0 Å². The zero-order valence-corrected chi connectivity index (χ0v) is 28.4. The number of pyridine rings is 2. The van der Waals surface area contributed by atoms with Gasteiger partial charge in [0.1, 0.15) is 17.3 Å². The second-order valence-electron chi connectivity index (χ2n) is 11.5. The molecule has 0 radical (unpaired) electrons. The monoisotopic (exact) mass is 703 g/mol. The maximum Gasteiger partial charge on any atom is 0.276 e. The molecule has 1 fully saturated rings. The van der Waals surface area contributed by atoms with E-state index in [1.54, 1.807) is 11.1 Å². The van der Waals surface area contributed by atoms with E-state index in [0.29, 0.717) is 36.4 Å². The van der Waals surface area contributed by atoms with Gasteiger partial charge in [-0.1, -0.05) is 66.8 Å². The van der Waals surface area contributed by atoms with Crippen molar-refractivity contribution in [1.29, 1.82) is 5.26 Å². The number of hydrogen-bond acceptors (Lipinski definition) is 7. The van der Waals surface area contributed by atoms with Crippen LogP contribution < -0.4 is 21.5 Å². The Balaban J connectivity index is 1.91. The summed E-state index contributed by atoms with van der Waals surface area (Å²) in [5.41, 5.74) is 6.57. The number of nitrogen functional groups attached to an aromatic ring is 1. The van der Waals surface area contributed by atoms with Gasteiger partial charge in [0.25, 0.3) is 5.56 Å². The molecule has 1 unspecified atom stereocenters. The third-order valence-corrected chi connectivity index (χ3v) is 9.95. The average molecular weight is 705 g/mol. The molecule has 46 heavy (non-hydrogen) atoms. The normalized spacial score (nSPS) is 18.3. The standard InChI is InChI=1S/C32H30Cl4FN7O2/c1-6-20(45)43-10-9-42(13-16(43)5)30-17-11-19(33)28(21-25(37)23(35)22(34)24(36)26(21)39)41-31(17)44(32(46)18(30)12-38)29-15(4)7-8-40-27(29)14(2)3/h6-8,11,14,16,27,40H,1,9-10,13,39H2,2-5H3/t16-,27?/m1/s1. The highest BCUT2D eigenvalue weighted by molar-refractivity contribution is 6.49. The smallest absolute Gasteiger partial charge is 0.276 e. The number of hydrogen-bond donors (Lipinski definition) is 2. The van der Waals surface area contributed by atoms with Crippen LogP contribution in [0, 0.1) is 23.1 Å². The molecule has 2 aromatic heterocycles. The number of benzene rings is 1. The Morgan fingerprint density at radius 1 is 1.24 bits per heavy atom. The number of carbonyl (C=O) groups excluding carboxylic acids is 1. The van der Waals surface area contributed by atoms with Crippen molar-refractivity contribution in [2.24, 2.45) is 5.92 Å². The lowest BCUT2D eigenvalue weighted by atomic mass is 9.94. The van der Waals surface area contributed by atoms with Gasteiger partial charge in [0, 0.05) is 31.1 Å². The quantitative estimate of drug-likeness (QED) is 0.129. The van der Waals surface area contributed by atoms with Gasteiger partial charge < -0.3 is 20.9 Å². The number of carbonyl (C=O) groups is 1. The molecule has 0 spiro atoms. The minimum Gasteiger partial charge on any atom is -0.397 e. The van der Waals surface area contributed by atoms with E-state index in [9.17, 15) is 14.9 Å². The molecular weight excluding hydrogens is 675 g/mol. The summed E-state index contributed by atoms with van der Waals surface area (Å²) in [7, 11) is 0. The van der Waals surface area contributed by atoms with Crippen LogP contribution in [0.25, 0.3) is 28.0 Å². The molecule has 0 aliphatic carbocycles. The summed E-state index contributed by atoms with van der Waals surface area (Å²) >= 11 is 25.5. The zero-order chi connectivity index (χ0) is 33.8. The van der Waals surface area contributed by atoms with Crippen molar-refractivity contribution in [1.82, 2.24) is 19.8 Å². The highest BCUT2D eigenvalue weighted by atomic mass is 35.5. The van der Waals surface area contributed by atoms with Crippen LogP contribution in [0.4, 0.5) is 15.8 Å². The van der Waals surface area contributed by atoms with Crippen molar-refractivity contribution >= 4 is 80.4 Å². The molecule has 2 aliphatic heterocycles. The van der Waals surface area contributed by atoms with Crippen LogP contribution >= 0.6 is 46.4 Å². The van der Waals surface area contributed by atoms with Crippen LogP contribution in [0.1, 0.15) is 33.3 Å². The molecule has 0 saturated carbocycles. The molecule has 2 atom stereocenters. The van der Waals surface area contributed by atoms with Gasteiger partial charge in [-0.15, -0.1) is 0 Å². The summed E-state index contributed by atoms with van der Waals surface area (Å²) in [5, 5.41) is 13.2. The number of nitrogens with zero attached hydrogens (tertiary/aromatic N) is 5. The zero-order valence-electron chi connectivity index (χ0n) is 25.4. The Morgan fingerprint density at radius 2 is 1.93 bits per heavy atom. The molecular formula is C32H30Cl4FN7O2. The maximum absolute atomic E-state index is 15.8. The molecule has 9 nitrogen and oxygen atoms in total. The second-order valence-corrected chi connectivity index (χ2v) is 13.1. The minimum absolute atomic E-state index is 0.00660. The first-order valence-corrected chi connectivity index (χ1v) is 15.9. The van der Waals surface area contributed by atoms with Crippen LogP contribution in [0.2, 0.25) is 20.1 Å². The van der Waals surface area contributed by atoms with Crippen molar-refractivity contribution < 1.29 is 9.18 Å². The van der Waals surface area contributed by atoms with E-state index in [2.05, 4.69) is 18.0 Å². The van der Waals surface area contributed by atoms with E-state index < -0.39 is 16.4 Å². The molecule has 3 aromatic rings. The summed E-state index contributed by atoms with van der Waals surface area (Å²) in [6.07, 6.45) is 4.87. The number of nitrogens with two attached hydrogens (primary N) is 1. The van der Waals surface area contributed by atoms with Crippen molar-refractivity contribution in [3.63, 3.8) is 0 Å². The van der Waals surface area contributed by atoms with E-state index >= 15 is 4.39 Å². The number of fused-ring (bicyclic) bond motifs is 1. The second kappa shape index (κ2) is 12.8. The number of nitriles is 1. The minimum atomic E-state index is -0.986. The molecule has 1 amide bonds. The topological polar surface area (TPSA) is 120 Å². The van der Waals surface area contributed by atoms with Gasteiger partial charge in [0.2, 0.25) is 5.91 Å². The van der Waals surface area contributed by atoms with Gasteiger partial charge in [0.15, 0.2) is 5.82 Å². The predicted molar refractivity (Wildman–Crippen MR) is 184 cm³/mol. The number of nitrogens with one attached hydrogen (secondary N) is 1. The number of aromatic nitrogens is 2. The number of dihydropyridines is 1. The van der Waals surface area contributed by atoms with Crippen molar-refractivity contribution in [3.8, 4) is 17.3 Å².